The van der Waals surface area contributed by atoms with Gasteiger partial charge in [0.05, 0.1) is 5.56 Å². The van der Waals surface area contributed by atoms with Crippen LogP contribution in [0.2, 0.25) is 0 Å². The summed E-state index contributed by atoms with van der Waals surface area (Å²) in [7, 11) is 0. The molecule has 0 bridgehead atoms. The molecule has 1 aromatic rings. The van der Waals surface area contributed by atoms with Crippen LogP contribution in [0.1, 0.15) is 74.5 Å². The van der Waals surface area contributed by atoms with Gasteiger partial charge in [-0.25, -0.2) is 0 Å². The van der Waals surface area contributed by atoms with Gasteiger partial charge < -0.3 is 4.57 Å². The molecular formula is C15H21NO2. The minimum absolute atomic E-state index is 0.0967. The Morgan fingerprint density at radius 2 is 1.89 bits per heavy atom. The molecule has 1 aliphatic rings. The maximum absolute atomic E-state index is 12.5. The van der Waals surface area contributed by atoms with Crippen molar-refractivity contribution in [3.05, 3.63) is 33.7 Å². The van der Waals surface area contributed by atoms with Crippen LogP contribution in [0.3, 0.4) is 0 Å². The van der Waals surface area contributed by atoms with Crippen LogP contribution in [0.15, 0.2) is 16.9 Å². The molecule has 1 aliphatic carbocycles. The summed E-state index contributed by atoms with van der Waals surface area (Å²) in [5.41, 5.74) is 1.28. The van der Waals surface area contributed by atoms with Gasteiger partial charge in [-0.3, -0.25) is 9.59 Å². The Balaban J connectivity index is 2.60. The molecule has 0 saturated heterocycles. The summed E-state index contributed by atoms with van der Waals surface area (Å²) < 4.78 is 1.88. The van der Waals surface area contributed by atoms with Crippen LogP contribution in [0, 0.1) is 0 Å². The molecule has 18 heavy (non-hydrogen) atoms. The maximum atomic E-state index is 12.5. The van der Waals surface area contributed by atoms with Gasteiger partial charge in [0, 0.05) is 11.7 Å². The molecule has 1 fully saturated rings. The number of ketones is 1. The van der Waals surface area contributed by atoms with Gasteiger partial charge >= 0.3 is 0 Å². The summed E-state index contributed by atoms with van der Waals surface area (Å²) in [6.45, 7) is 5.64. The molecule has 0 amide bonds. The molecule has 2 rings (SSSR count). The molecule has 0 N–H and O–H groups in total. The second-order valence-electron chi connectivity index (χ2n) is 5.50. The van der Waals surface area contributed by atoms with E-state index in [0.717, 1.165) is 18.5 Å². The minimum atomic E-state index is -0.137. The van der Waals surface area contributed by atoms with E-state index in [1.165, 1.54) is 19.8 Å². The van der Waals surface area contributed by atoms with Gasteiger partial charge in [-0.2, -0.15) is 0 Å². The van der Waals surface area contributed by atoms with Crippen LogP contribution in [0.4, 0.5) is 0 Å². The molecule has 3 heteroatoms. The lowest BCUT2D eigenvalue weighted by Gasteiger charge is -2.21. The van der Waals surface area contributed by atoms with Crippen LogP contribution in [-0.4, -0.2) is 10.4 Å². The minimum Gasteiger partial charge on any atom is -0.309 e. The van der Waals surface area contributed by atoms with Crippen LogP contribution >= 0.6 is 0 Å². The summed E-state index contributed by atoms with van der Waals surface area (Å²) in [4.78, 5) is 24.0. The highest BCUT2D eigenvalue weighted by atomic mass is 16.1. The monoisotopic (exact) mass is 247 g/mol. The third-order valence-corrected chi connectivity index (χ3v) is 3.81. The van der Waals surface area contributed by atoms with Crippen molar-refractivity contribution in [3.63, 3.8) is 0 Å². The van der Waals surface area contributed by atoms with Crippen LogP contribution in [0.5, 0.6) is 0 Å². The molecule has 0 atom stereocenters. The van der Waals surface area contributed by atoms with E-state index in [4.69, 9.17) is 0 Å². The van der Waals surface area contributed by atoms with Gasteiger partial charge in [0.15, 0.2) is 5.78 Å². The van der Waals surface area contributed by atoms with Gasteiger partial charge in [0.2, 0.25) is 0 Å². The van der Waals surface area contributed by atoms with E-state index in [0.29, 0.717) is 11.5 Å². The van der Waals surface area contributed by atoms with Crippen molar-refractivity contribution < 1.29 is 4.79 Å². The third-order valence-electron chi connectivity index (χ3n) is 3.81. The molecule has 1 saturated carbocycles. The van der Waals surface area contributed by atoms with Gasteiger partial charge in [-0.05, 0) is 37.8 Å². The number of rotatable bonds is 3. The summed E-state index contributed by atoms with van der Waals surface area (Å²) in [6.07, 6.45) is 4.47. The van der Waals surface area contributed by atoms with Crippen molar-refractivity contribution in [2.24, 2.45) is 0 Å². The third kappa shape index (κ3) is 2.26. The van der Waals surface area contributed by atoms with Crippen molar-refractivity contribution in [2.75, 3.05) is 0 Å². The maximum Gasteiger partial charge on any atom is 0.261 e. The van der Waals surface area contributed by atoms with Gasteiger partial charge in [-0.1, -0.05) is 26.7 Å². The first-order valence-corrected chi connectivity index (χ1v) is 6.78. The molecule has 0 spiro atoms. The van der Waals surface area contributed by atoms with E-state index in [1.807, 2.05) is 10.6 Å². The van der Waals surface area contributed by atoms with E-state index >= 15 is 0 Å². The Hall–Kier alpha value is -1.38. The molecular weight excluding hydrogens is 226 g/mol. The topological polar surface area (TPSA) is 39.1 Å². The normalized spacial score (nSPS) is 16.4. The average Bonchev–Trinajstić information content (AvgIpc) is 2.80. The highest BCUT2D eigenvalue weighted by Crippen LogP contribution is 2.31. The standard InChI is InChI=1S/C15H21NO2/c1-10(2)14-9-8-13(11(3)17)15(18)16(14)12-6-4-5-7-12/h8-10,12H,4-7H2,1-3H3. The quantitative estimate of drug-likeness (QED) is 0.769. The summed E-state index contributed by atoms with van der Waals surface area (Å²) >= 11 is 0. The number of hydrogen-bond acceptors (Lipinski definition) is 2. The van der Waals surface area contributed by atoms with Gasteiger partial charge in [-0.15, -0.1) is 0 Å². The first kappa shape index (κ1) is 13.1. The summed E-state index contributed by atoms with van der Waals surface area (Å²) in [5, 5.41) is 0. The number of Topliss-reactive ketones (excluding diaryl/α,β-unsaturated/α-hetero) is 1. The van der Waals surface area contributed by atoms with E-state index in [-0.39, 0.29) is 17.4 Å². The number of pyridine rings is 1. The lowest BCUT2D eigenvalue weighted by molar-refractivity contribution is 0.101. The van der Waals surface area contributed by atoms with Crippen molar-refractivity contribution in [2.45, 2.75) is 58.4 Å². The Kier molecular flexibility index (Phi) is 3.69. The molecule has 1 heterocycles. The van der Waals surface area contributed by atoms with Crippen LogP contribution in [0.25, 0.3) is 0 Å². The number of nitrogens with zero attached hydrogens (tertiary/aromatic N) is 1. The molecule has 98 valence electrons. The summed E-state index contributed by atoms with van der Waals surface area (Å²) in [5.74, 6) is 0.168. The Morgan fingerprint density at radius 3 is 2.39 bits per heavy atom. The van der Waals surface area contributed by atoms with Crippen LogP contribution < -0.4 is 5.56 Å². The fraction of sp³-hybridized carbons (Fsp3) is 0.600. The van der Waals surface area contributed by atoms with Crippen molar-refractivity contribution in [3.8, 4) is 0 Å². The smallest absolute Gasteiger partial charge is 0.261 e. The Labute approximate surface area is 108 Å². The van der Waals surface area contributed by atoms with E-state index in [2.05, 4.69) is 13.8 Å². The zero-order chi connectivity index (χ0) is 13.3. The van der Waals surface area contributed by atoms with Crippen molar-refractivity contribution in [1.82, 2.24) is 4.57 Å². The SMILES string of the molecule is CC(=O)c1ccc(C(C)C)n(C2CCCC2)c1=O. The van der Waals surface area contributed by atoms with Crippen LogP contribution in [-0.2, 0) is 0 Å². The Bertz CT molecular complexity index is 508. The first-order chi connectivity index (χ1) is 8.52. The zero-order valence-electron chi connectivity index (χ0n) is 11.4. The fourth-order valence-electron chi connectivity index (χ4n) is 2.84. The lowest BCUT2D eigenvalue weighted by atomic mass is 10.0. The summed E-state index contributed by atoms with van der Waals surface area (Å²) in [6, 6.07) is 3.92. The molecule has 3 nitrogen and oxygen atoms in total. The predicted octanol–water partition coefficient (Wildman–Crippen LogP) is 3.29. The average molecular weight is 247 g/mol. The highest BCUT2D eigenvalue weighted by molar-refractivity contribution is 5.93. The van der Waals surface area contributed by atoms with Crippen molar-refractivity contribution in [1.29, 1.82) is 0 Å². The molecule has 0 unspecified atom stereocenters. The molecule has 0 aliphatic heterocycles. The second-order valence-corrected chi connectivity index (χ2v) is 5.50. The van der Waals surface area contributed by atoms with E-state index < -0.39 is 0 Å². The predicted molar refractivity (Wildman–Crippen MR) is 72.3 cm³/mol. The molecule has 1 aromatic heterocycles. The lowest BCUT2D eigenvalue weighted by Crippen LogP contribution is -2.31. The number of aromatic nitrogens is 1. The van der Waals surface area contributed by atoms with Gasteiger partial charge in [0.1, 0.15) is 0 Å². The molecule has 0 aromatic carbocycles. The number of hydrogen-bond donors (Lipinski definition) is 0. The second kappa shape index (κ2) is 5.09. The fourth-order valence-corrected chi connectivity index (χ4v) is 2.84. The Morgan fingerprint density at radius 1 is 1.28 bits per heavy atom. The first-order valence-electron chi connectivity index (χ1n) is 6.78. The largest absolute Gasteiger partial charge is 0.309 e. The van der Waals surface area contributed by atoms with Gasteiger partial charge in [0.25, 0.3) is 5.56 Å². The van der Waals surface area contributed by atoms with E-state index in [1.54, 1.807) is 6.07 Å². The number of carbonyl (C=O) groups excluding carboxylic acids is 1. The highest BCUT2D eigenvalue weighted by Gasteiger charge is 2.23. The molecule has 0 radical (unpaired) electrons. The van der Waals surface area contributed by atoms with E-state index in [9.17, 15) is 9.59 Å². The van der Waals surface area contributed by atoms with Crippen molar-refractivity contribution >= 4 is 5.78 Å². The zero-order valence-corrected chi connectivity index (χ0v) is 11.4. The number of carbonyl (C=O) groups is 1.